The summed E-state index contributed by atoms with van der Waals surface area (Å²) in [5.74, 6) is 0.179. The molecule has 0 radical (unpaired) electrons. The molecule has 1 unspecified atom stereocenters. The number of carbonyl (C=O) groups excluding carboxylic acids is 1. The highest BCUT2D eigenvalue weighted by molar-refractivity contribution is 5.76. The molecule has 0 aromatic heterocycles. The Hall–Kier alpha value is -1.16. The standard InChI is InChI=1S/C15H26N4O2/c16-4-2-6-19(8-7-18-9-11-21-12-10-18)15(20)13-14-3-1-5-17-14/h14,17H,1-3,5-13H2. The van der Waals surface area contributed by atoms with Crippen LogP contribution in [0.1, 0.15) is 25.7 Å². The Balaban J connectivity index is 1.77. The van der Waals surface area contributed by atoms with E-state index in [2.05, 4.69) is 16.3 Å². The quantitative estimate of drug-likeness (QED) is 0.726. The first-order valence-electron chi connectivity index (χ1n) is 7.98. The fraction of sp³-hybridized carbons (Fsp3) is 0.867. The van der Waals surface area contributed by atoms with E-state index in [4.69, 9.17) is 10.00 Å². The van der Waals surface area contributed by atoms with Crippen molar-refractivity contribution in [1.82, 2.24) is 15.1 Å². The lowest BCUT2D eigenvalue weighted by atomic mass is 10.1. The summed E-state index contributed by atoms with van der Waals surface area (Å²) in [5, 5.41) is 12.1. The second kappa shape index (κ2) is 8.98. The van der Waals surface area contributed by atoms with Crippen molar-refractivity contribution in [1.29, 1.82) is 5.26 Å². The minimum atomic E-state index is 0.179. The van der Waals surface area contributed by atoms with Crippen LogP contribution in [0.5, 0.6) is 0 Å². The molecule has 2 fully saturated rings. The first-order chi connectivity index (χ1) is 10.3. The molecule has 0 saturated carbocycles. The zero-order chi connectivity index (χ0) is 14.9. The SMILES string of the molecule is N#CCCN(CCN1CCOCC1)C(=O)CC1CCCN1. The highest BCUT2D eigenvalue weighted by atomic mass is 16.5. The molecule has 2 aliphatic rings. The maximum Gasteiger partial charge on any atom is 0.224 e. The van der Waals surface area contributed by atoms with Crippen LogP contribution in [0.2, 0.25) is 0 Å². The maximum absolute atomic E-state index is 12.4. The maximum atomic E-state index is 12.4. The largest absolute Gasteiger partial charge is 0.379 e. The van der Waals surface area contributed by atoms with Gasteiger partial charge in [0.1, 0.15) is 0 Å². The van der Waals surface area contributed by atoms with E-state index in [0.717, 1.165) is 52.2 Å². The second-order valence-corrected chi connectivity index (χ2v) is 5.74. The van der Waals surface area contributed by atoms with Gasteiger partial charge in [-0.1, -0.05) is 0 Å². The predicted octanol–water partition coefficient (Wildman–Crippen LogP) is 0.203. The first-order valence-corrected chi connectivity index (χ1v) is 7.98. The van der Waals surface area contributed by atoms with Gasteiger partial charge in [-0.05, 0) is 19.4 Å². The molecule has 0 aromatic carbocycles. The fourth-order valence-corrected chi connectivity index (χ4v) is 2.90. The zero-order valence-corrected chi connectivity index (χ0v) is 12.7. The molecule has 0 bridgehead atoms. The Bertz CT molecular complexity index is 357. The Morgan fingerprint density at radius 1 is 1.38 bits per heavy atom. The van der Waals surface area contributed by atoms with Crippen LogP contribution >= 0.6 is 0 Å². The summed E-state index contributed by atoms with van der Waals surface area (Å²) in [6.45, 7) is 6.58. The van der Waals surface area contributed by atoms with Crippen LogP contribution in [0.15, 0.2) is 0 Å². The minimum absolute atomic E-state index is 0.179. The lowest BCUT2D eigenvalue weighted by Crippen LogP contribution is -2.44. The Morgan fingerprint density at radius 2 is 2.19 bits per heavy atom. The van der Waals surface area contributed by atoms with Gasteiger partial charge >= 0.3 is 0 Å². The summed E-state index contributed by atoms with van der Waals surface area (Å²) < 4.78 is 5.33. The van der Waals surface area contributed by atoms with E-state index in [1.165, 1.54) is 0 Å². The number of nitrogens with zero attached hydrogens (tertiary/aromatic N) is 3. The van der Waals surface area contributed by atoms with Gasteiger partial charge in [0.05, 0.1) is 25.7 Å². The van der Waals surface area contributed by atoms with Gasteiger partial charge in [-0.25, -0.2) is 0 Å². The van der Waals surface area contributed by atoms with Crippen LogP contribution in [-0.4, -0.2) is 74.2 Å². The Kier molecular flexibility index (Phi) is 6.93. The van der Waals surface area contributed by atoms with Gasteiger partial charge in [-0.3, -0.25) is 9.69 Å². The van der Waals surface area contributed by atoms with Gasteiger partial charge in [0.25, 0.3) is 0 Å². The van der Waals surface area contributed by atoms with Crippen molar-refractivity contribution in [2.24, 2.45) is 0 Å². The van der Waals surface area contributed by atoms with E-state index < -0.39 is 0 Å². The monoisotopic (exact) mass is 294 g/mol. The van der Waals surface area contributed by atoms with Crippen LogP contribution in [0, 0.1) is 11.3 Å². The molecule has 21 heavy (non-hydrogen) atoms. The lowest BCUT2D eigenvalue weighted by molar-refractivity contribution is -0.132. The molecule has 118 valence electrons. The van der Waals surface area contributed by atoms with Gasteiger partial charge in [0, 0.05) is 45.2 Å². The molecule has 2 rings (SSSR count). The van der Waals surface area contributed by atoms with Crippen LogP contribution < -0.4 is 5.32 Å². The minimum Gasteiger partial charge on any atom is -0.379 e. The Morgan fingerprint density at radius 3 is 2.86 bits per heavy atom. The summed E-state index contributed by atoms with van der Waals surface area (Å²) in [6, 6.07) is 2.47. The number of ether oxygens (including phenoxy) is 1. The fourth-order valence-electron chi connectivity index (χ4n) is 2.90. The zero-order valence-electron chi connectivity index (χ0n) is 12.7. The summed E-state index contributed by atoms with van der Waals surface area (Å²) in [6.07, 6.45) is 3.21. The number of nitrogens with one attached hydrogen (secondary N) is 1. The van der Waals surface area contributed by atoms with Crippen molar-refractivity contribution in [2.75, 3.05) is 52.5 Å². The van der Waals surface area contributed by atoms with Gasteiger partial charge in [0.15, 0.2) is 0 Å². The summed E-state index contributed by atoms with van der Waals surface area (Å²) in [4.78, 5) is 16.6. The molecule has 0 aromatic rings. The van der Waals surface area contributed by atoms with Crippen molar-refractivity contribution in [3.05, 3.63) is 0 Å². The van der Waals surface area contributed by atoms with E-state index in [1.807, 2.05) is 4.90 Å². The molecule has 6 heteroatoms. The van der Waals surface area contributed by atoms with Crippen LogP contribution in [0.3, 0.4) is 0 Å². The summed E-state index contributed by atoms with van der Waals surface area (Å²) in [5.41, 5.74) is 0. The van der Waals surface area contributed by atoms with Crippen molar-refractivity contribution in [3.8, 4) is 6.07 Å². The van der Waals surface area contributed by atoms with Crippen molar-refractivity contribution < 1.29 is 9.53 Å². The number of morpholine rings is 1. The van der Waals surface area contributed by atoms with Gasteiger partial charge in [0.2, 0.25) is 5.91 Å². The van der Waals surface area contributed by atoms with E-state index >= 15 is 0 Å². The lowest BCUT2D eigenvalue weighted by Gasteiger charge is -2.30. The second-order valence-electron chi connectivity index (χ2n) is 5.74. The van der Waals surface area contributed by atoms with E-state index in [1.54, 1.807) is 0 Å². The highest BCUT2D eigenvalue weighted by Crippen LogP contribution is 2.11. The van der Waals surface area contributed by atoms with Crippen LogP contribution in [0.4, 0.5) is 0 Å². The molecule has 1 N–H and O–H groups in total. The normalized spacial score (nSPS) is 22.9. The number of nitriles is 1. The molecule has 1 atom stereocenters. The average Bonchev–Trinajstić information content (AvgIpc) is 3.01. The third-order valence-corrected chi connectivity index (χ3v) is 4.22. The molecule has 2 aliphatic heterocycles. The molecule has 0 aliphatic carbocycles. The third kappa shape index (κ3) is 5.62. The molecule has 2 saturated heterocycles. The number of carbonyl (C=O) groups is 1. The molecule has 6 nitrogen and oxygen atoms in total. The molecular formula is C15H26N4O2. The van der Waals surface area contributed by atoms with Crippen molar-refractivity contribution in [2.45, 2.75) is 31.7 Å². The van der Waals surface area contributed by atoms with Gasteiger partial charge in [-0.15, -0.1) is 0 Å². The van der Waals surface area contributed by atoms with Crippen molar-refractivity contribution in [3.63, 3.8) is 0 Å². The molecule has 0 spiro atoms. The highest BCUT2D eigenvalue weighted by Gasteiger charge is 2.22. The number of amides is 1. The van der Waals surface area contributed by atoms with Crippen LogP contribution in [0.25, 0.3) is 0 Å². The van der Waals surface area contributed by atoms with Crippen LogP contribution in [-0.2, 0) is 9.53 Å². The summed E-state index contributed by atoms with van der Waals surface area (Å²) in [7, 11) is 0. The van der Waals surface area contributed by atoms with E-state index in [-0.39, 0.29) is 5.91 Å². The number of hydrogen-bond donors (Lipinski definition) is 1. The average molecular weight is 294 g/mol. The third-order valence-electron chi connectivity index (χ3n) is 4.22. The predicted molar refractivity (Wildman–Crippen MR) is 79.7 cm³/mol. The summed E-state index contributed by atoms with van der Waals surface area (Å²) >= 11 is 0. The van der Waals surface area contributed by atoms with Gasteiger partial charge in [-0.2, -0.15) is 5.26 Å². The first kappa shape index (κ1) is 16.2. The molecular weight excluding hydrogens is 268 g/mol. The Labute approximate surface area is 127 Å². The topological polar surface area (TPSA) is 68.6 Å². The molecule has 2 heterocycles. The molecule has 1 amide bonds. The van der Waals surface area contributed by atoms with Crippen molar-refractivity contribution >= 4 is 5.91 Å². The number of rotatable bonds is 7. The van der Waals surface area contributed by atoms with E-state index in [0.29, 0.717) is 32.0 Å². The number of hydrogen-bond acceptors (Lipinski definition) is 5. The van der Waals surface area contributed by atoms with E-state index in [9.17, 15) is 4.79 Å². The van der Waals surface area contributed by atoms with Gasteiger partial charge < -0.3 is 15.0 Å². The smallest absolute Gasteiger partial charge is 0.224 e.